The molecule has 0 bridgehead atoms. The van der Waals surface area contributed by atoms with Crippen molar-refractivity contribution < 1.29 is 4.74 Å². The Morgan fingerprint density at radius 3 is 2.76 bits per heavy atom. The topological polar surface area (TPSA) is 39.9 Å². The van der Waals surface area contributed by atoms with Gasteiger partial charge < -0.3 is 9.30 Å². The van der Waals surface area contributed by atoms with Gasteiger partial charge in [-0.1, -0.05) is 30.0 Å². The molecule has 1 aromatic heterocycles. The standard InChI is InChI=1S/C16H21N3OS/c1-2-19-15(13-9-10-13)17-18-16(19)21-12-6-11-20-14-7-4-3-5-8-14/h3-5,7-8,13H,2,6,9-12H2,1H3. The third-order valence-electron chi connectivity index (χ3n) is 3.54. The molecule has 0 aliphatic heterocycles. The SMILES string of the molecule is CCn1c(SCCCOc2ccccc2)nnc1C1CC1. The van der Waals surface area contributed by atoms with Crippen LogP contribution in [0.4, 0.5) is 0 Å². The van der Waals surface area contributed by atoms with E-state index in [0.717, 1.165) is 36.2 Å². The Bertz CT molecular complexity index is 566. The van der Waals surface area contributed by atoms with Crippen LogP contribution < -0.4 is 4.74 Å². The number of nitrogens with zero attached hydrogens (tertiary/aromatic N) is 3. The molecule has 0 atom stereocenters. The summed E-state index contributed by atoms with van der Waals surface area (Å²) >= 11 is 1.78. The van der Waals surface area contributed by atoms with Crippen LogP contribution in [0.5, 0.6) is 5.75 Å². The van der Waals surface area contributed by atoms with Crippen LogP contribution in [0.3, 0.4) is 0 Å². The van der Waals surface area contributed by atoms with Gasteiger partial charge in [-0.15, -0.1) is 10.2 Å². The normalized spacial score (nSPS) is 14.3. The van der Waals surface area contributed by atoms with Crippen molar-refractivity contribution in [2.24, 2.45) is 0 Å². The number of benzene rings is 1. The Balaban J connectivity index is 1.43. The largest absolute Gasteiger partial charge is 0.494 e. The summed E-state index contributed by atoms with van der Waals surface area (Å²) in [5.74, 6) is 3.79. The third-order valence-corrected chi connectivity index (χ3v) is 4.59. The summed E-state index contributed by atoms with van der Waals surface area (Å²) in [6.45, 7) is 3.87. The lowest BCUT2D eigenvalue weighted by Crippen LogP contribution is -2.03. The van der Waals surface area contributed by atoms with Gasteiger partial charge in [0.2, 0.25) is 0 Å². The fraction of sp³-hybridized carbons (Fsp3) is 0.500. The summed E-state index contributed by atoms with van der Waals surface area (Å²) in [6, 6.07) is 9.96. The highest BCUT2D eigenvalue weighted by Crippen LogP contribution is 2.39. The first-order valence-electron chi connectivity index (χ1n) is 7.62. The van der Waals surface area contributed by atoms with Crippen LogP contribution in [0.1, 0.15) is 37.9 Å². The lowest BCUT2D eigenvalue weighted by molar-refractivity contribution is 0.318. The summed E-state index contributed by atoms with van der Waals surface area (Å²) in [6.07, 6.45) is 3.55. The Morgan fingerprint density at radius 2 is 2.05 bits per heavy atom. The van der Waals surface area contributed by atoms with Gasteiger partial charge in [0.1, 0.15) is 11.6 Å². The number of aromatic nitrogens is 3. The molecule has 112 valence electrons. The molecule has 1 aliphatic carbocycles. The maximum absolute atomic E-state index is 5.70. The third kappa shape index (κ3) is 3.79. The van der Waals surface area contributed by atoms with Crippen molar-refractivity contribution in [3.05, 3.63) is 36.2 Å². The van der Waals surface area contributed by atoms with Crippen LogP contribution in [-0.4, -0.2) is 27.1 Å². The minimum atomic E-state index is 0.660. The van der Waals surface area contributed by atoms with E-state index in [1.54, 1.807) is 11.8 Å². The molecule has 1 heterocycles. The van der Waals surface area contributed by atoms with Crippen LogP contribution in [0.2, 0.25) is 0 Å². The molecule has 1 fully saturated rings. The van der Waals surface area contributed by atoms with E-state index >= 15 is 0 Å². The number of hydrogen-bond donors (Lipinski definition) is 0. The van der Waals surface area contributed by atoms with Gasteiger partial charge in [0, 0.05) is 18.2 Å². The lowest BCUT2D eigenvalue weighted by atomic mass is 10.3. The molecular weight excluding hydrogens is 282 g/mol. The average molecular weight is 303 g/mol. The van der Waals surface area contributed by atoms with Crippen LogP contribution >= 0.6 is 11.8 Å². The Hall–Kier alpha value is -1.49. The minimum absolute atomic E-state index is 0.660. The first-order valence-corrected chi connectivity index (χ1v) is 8.60. The van der Waals surface area contributed by atoms with Gasteiger partial charge in [-0.05, 0) is 38.3 Å². The lowest BCUT2D eigenvalue weighted by Gasteiger charge is -2.07. The van der Waals surface area contributed by atoms with Gasteiger partial charge in [-0.3, -0.25) is 0 Å². The zero-order chi connectivity index (χ0) is 14.5. The van der Waals surface area contributed by atoms with E-state index in [2.05, 4.69) is 21.7 Å². The number of rotatable bonds is 8. The molecule has 0 N–H and O–H groups in total. The number of para-hydroxylation sites is 1. The smallest absolute Gasteiger partial charge is 0.191 e. The van der Waals surface area contributed by atoms with Gasteiger partial charge in [0.25, 0.3) is 0 Å². The van der Waals surface area contributed by atoms with Gasteiger partial charge in [0.05, 0.1) is 6.61 Å². The minimum Gasteiger partial charge on any atom is -0.494 e. The van der Waals surface area contributed by atoms with Gasteiger partial charge >= 0.3 is 0 Å². The van der Waals surface area contributed by atoms with E-state index in [-0.39, 0.29) is 0 Å². The summed E-state index contributed by atoms with van der Waals surface area (Å²) in [5.41, 5.74) is 0. The first-order chi connectivity index (χ1) is 10.4. The van der Waals surface area contributed by atoms with Crippen molar-refractivity contribution in [2.75, 3.05) is 12.4 Å². The molecule has 2 aromatic rings. The fourth-order valence-electron chi connectivity index (χ4n) is 2.28. The number of ether oxygens (including phenoxy) is 1. The van der Waals surface area contributed by atoms with Crippen molar-refractivity contribution in [3.63, 3.8) is 0 Å². The first kappa shape index (κ1) is 14.4. The predicted octanol–water partition coefficient (Wildman–Crippen LogP) is 3.74. The maximum atomic E-state index is 5.70. The Kier molecular flexibility index (Phi) is 4.80. The average Bonchev–Trinajstić information content (AvgIpc) is 3.29. The van der Waals surface area contributed by atoms with E-state index in [1.165, 1.54) is 18.7 Å². The highest BCUT2D eigenvalue weighted by Gasteiger charge is 2.29. The van der Waals surface area contributed by atoms with Gasteiger partial charge in [-0.2, -0.15) is 0 Å². The Morgan fingerprint density at radius 1 is 1.24 bits per heavy atom. The van der Waals surface area contributed by atoms with Crippen LogP contribution in [0, 0.1) is 0 Å². The van der Waals surface area contributed by atoms with Gasteiger partial charge in [-0.25, -0.2) is 0 Å². The van der Waals surface area contributed by atoms with Gasteiger partial charge in [0.15, 0.2) is 5.16 Å². The van der Waals surface area contributed by atoms with Crippen molar-refractivity contribution >= 4 is 11.8 Å². The van der Waals surface area contributed by atoms with Crippen molar-refractivity contribution in [1.29, 1.82) is 0 Å². The molecule has 0 unspecified atom stereocenters. The maximum Gasteiger partial charge on any atom is 0.191 e. The Labute approximate surface area is 129 Å². The van der Waals surface area contributed by atoms with E-state index in [0.29, 0.717) is 5.92 Å². The summed E-state index contributed by atoms with van der Waals surface area (Å²) in [4.78, 5) is 0. The summed E-state index contributed by atoms with van der Waals surface area (Å²) in [7, 11) is 0. The highest BCUT2D eigenvalue weighted by molar-refractivity contribution is 7.99. The van der Waals surface area contributed by atoms with E-state index in [4.69, 9.17) is 4.74 Å². The monoisotopic (exact) mass is 303 g/mol. The van der Waals surface area contributed by atoms with E-state index in [1.807, 2.05) is 30.3 Å². The van der Waals surface area contributed by atoms with Crippen LogP contribution in [0.25, 0.3) is 0 Å². The van der Waals surface area contributed by atoms with E-state index < -0.39 is 0 Å². The zero-order valence-electron chi connectivity index (χ0n) is 12.4. The quantitative estimate of drug-likeness (QED) is 0.550. The molecule has 1 saturated carbocycles. The van der Waals surface area contributed by atoms with Crippen molar-refractivity contribution in [3.8, 4) is 5.75 Å². The molecule has 4 nitrogen and oxygen atoms in total. The number of hydrogen-bond acceptors (Lipinski definition) is 4. The second-order valence-electron chi connectivity index (χ2n) is 5.22. The molecule has 1 aromatic carbocycles. The second-order valence-corrected chi connectivity index (χ2v) is 6.28. The zero-order valence-corrected chi connectivity index (χ0v) is 13.2. The molecule has 3 rings (SSSR count). The molecule has 0 spiro atoms. The molecule has 0 amide bonds. The molecule has 0 radical (unpaired) electrons. The van der Waals surface area contributed by atoms with Crippen molar-refractivity contribution in [2.45, 2.75) is 43.8 Å². The second kappa shape index (κ2) is 6.98. The number of thioether (sulfide) groups is 1. The van der Waals surface area contributed by atoms with E-state index in [9.17, 15) is 0 Å². The fourth-order valence-corrected chi connectivity index (χ4v) is 3.20. The summed E-state index contributed by atoms with van der Waals surface area (Å²) < 4.78 is 7.96. The van der Waals surface area contributed by atoms with Crippen LogP contribution in [0.15, 0.2) is 35.5 Å². The highest BCUT2D eigenvalue weighted by atomic mass is 32.2. The predicted molar refractivity (Wildman–Crippen MR) is 84.9 cm³/mol. The molecule has 5 heteroatoms. The molecule has 0 saturated heterocycles. The molecular formula is C16H21N3OS. The summed E-state index contributed by atoms with van der Waals surface area (Å²) in [5, 5.41) is 9.75. The molecule has 1 aliphatic rings. The van der Waals surface area contributed by atoms with Crippen molar-refractivity contribution in [1.82, 2.24) is 14.8 Å². The molecule has 21 heavy (non-hydrogen) atoms. The van der Waals surface area contributed by atoms with Crippen LogP contribution in [-0.2, 0) is 6.54 Å².